The smallest absolute Gasteiger partial charge is 0.0593 e. The number of aromatic nitrogens is 1. The molecule has 2 rings (SSSR count). The Kier molecular flexibility index (Phi) is 4.44. The summed E-state index contributed by atoms with van der Waals surface area (Å²) in [5, 5.41) is 0. The number of ether oxygens (including phenoxy) is 1. The molecule has 2 heterocycles. The van der Waals surface area contributed by atoms with Gasteiger partial charge in [-0.15, -0.1) is 0 Å². The van der Waals surface area contributed by atoms with E-state index >= 15 is 0 Å². The lowest BCUT2D eigenvalue weighted by molar-refractivity contribution is 0.0507. The predicted molar refractivity (Wildman–Crippen MR) is 78.0 cm³/mol. The van der Waals surface area contributed by atoms with E-state index in [-0.39, 0.29) is 0 Å². The molecule has 6 unspecified atom stereocenters. The van der Waals surface area contributed by atoms with Crippen LogP contribution in [0.1, 0.15) is 39.3 Å². The Morgan fingerprint density at radius 1 is 1.22 bits per heavy atom. The topological polar surface area (TPSA) is 22.1 Å². The maximum absolute atomic E-state index is 5.94. The quantitative estimate of drug-likeness (QED) is 0.787. The SMILES string of the molecule is CC1OC(C)C(C(Br)C(C)c2ccccn2)C1C. The molecule has 6 atom stereocenters. The third kappa shape index (κ3) is 2.62. The Bertz CT molecular complexity index is 383. The molecule has 1 aromatic heterocycles. The average molecular weight is 312 g/mol. The molecular weight excluding hydrogens is 290 g/mol. The van der Waals surface area contributed by atoms with Crippen molar-refractivity contribution >= 4 is 15.9 Å². The lowest BCUT2D eigenvalue weighted by Gasteiger charge is -2.28. The Morgan fingerprint density at radius 2 is 1.94 bits per heavy atom. The van der Waals surface area contributed by atoms with Crippen molar-refractivity contribution in [1.29, 1.82) is 0 Å². The molecule has 18 heavy (non-hydrogen) atoms. The standard InChI is InChI=1S/C15H22BrNO/c1-9-11(3)18-12(4)14(9)15(16)10(2)13-7-5-6-8-17-13/h5-12,14-15H,1-4H3. The van der Waals surface area contributed by atoms with Crippen LogP contribution < -0.4 is 0 Å². The van der Waals surface area contributed by atoms with E-state index in [2.05, 4.69) is 60.7 Å². The first-order valence-corrected chi connectivity index (χ1v) is 7.64. The number of hydrogen-bond acceptors (Lipinski definition) is 2. The zero-order chi connectivity index (χ0) is 13.3. The second-order valence-electron chi connectivity index (χ2n) is 5.47. The fraction of sp³-hybridized carbons (Fsp3) is 0.667. The minimum Gasteiger partial charge on any atom is -0.375 e. The van der Waals surface area contributed by atoms with Crippen molar-refractivity contribution in [3.63, 3.8) is 0 Å². The van der Waals surface area contributed by atoms with Crippen molar-refractivity contribution in [3.8, 4) is 0 Å². The second kappa shape index (κ2) is 5.70. The highest BCUT2D eigenvalue weighted by atomic mass is 79.9. The second-order valence-corrected chi connectivity index (χ2v) is 6.53. The summed E-state index contributed by atoms with van der Waals surface area (Å²) in [7, 11) is 0. The van der Waals surface area contributed by atoms with E-state index < -0.39 is 0 Å². The summed E-state index contributed by atoms with van der Waals surface area (Å²) < 4.78 is 5.94. The van der Waals surface area contributed by atoms with Gasteiger partial charge in [0.25, 0.3) is 0 Å². The molecule has 2 nitrogen and oxygen atoms in total. The molecule has 0 aromatic carbocycles. The zero-order valence-corrected chi connectivity index (χ0v) is 13.1. The monoisotopic (exact) mass is 311 g/mol. The van der Waals surface area contributed by atoms with Crippen LogP contribution in [0.25, 0.3) is 0 Å². The van der Waals surface area contributed by atoms with Crippen molar-refractivity contribution in [2.24, 2.45) is 11.8 Å². The molecule has 1 aromatic rings. The van der Waals surface area contributed by atoms with Gasteiger partial charge >= 0.3 is 0 Å². The Balaban J connectivity index is 2.14. The zero-order valence-electron chi connectivity index (χ0n) is 11.5. The van der Waals surface area contributed by atoms with Crippen molar-refractivity contribution < 1.29 is 4.74 Å². The molecule has 100 valence electrons. The van der Waals surface area contributed by atoms with Crippen LogP contribution in [-0.4, -0.2) is 22.0 Å². The van der Waals surface area contributed by atoms with E-state index in [0.29, 0.717) is 34.8 Å². The van der Waals surface area contributed by atoms with Gasteiger partial charge in [-0.05, 0) is 31.9 Å². The van der Waals surface area contributed by atoms with E-state index in [1.165, 1.54) is 0 Å². The Morgan fingerprint density at radius 3 is 2.44 bits per heavy atom. The first-order valence-electron chi connectivity index (χ1n) is 6.72. The van der Waals surface area contributed by atoms with Gasteiger partial charge in [-0.25, -0.2) is 0 Å². The molecule has 0 radical (unpaired) electrons. The number of halogens is 1. The van der Waals surface area contributed by atoms with E-state index in [0.717, 1.165) is 5.69 Å². The summed E-state index contributed by atoms with van der Waals surface area (Å²) in [6.45, 7) is 8.89. The van der Waals surface area contributed by atoms with Gasteiger partial charge in [-0.3, -0.25) is 4.98 Å². The summed E-state index contributed by atoms with van der Waals surface area (Å²) in [6.07, 6.45) is 2.53. The summed E-state index contributed by atoms with van der Waals surface area (Å²) >= 11 is 3.90. The maximum atomic E-state index is 5.94. The van der Waals surface area contributed by atoms with Crippen LogP contribution in [0.5, 0.6) is 0 Å². The molecule has 1 aliphatic heterocycles. The van der Waals surface area contributed by atoms with Crippen LogP contribution in [0.4, 0.5) is 0 Å². The molecular formula is C15H22BrNO. The highest BCUT2D eigenvalue weighted by Gasteiger charge is 2.42. The van der Waals surface area contributed by atoms with Gasteiger partial charge in [-0.1, -0.05) is 35.8 Å². The van der Waals surface area contributed by atoms with Crippen molar-refractivity contribution in [2.75, 3.05) is 0 Å². The van der Waals surface area contributed by atoms with Crippen LogP contribution in [0, 0.1) is 11.8 Å². The Labute approximate surface area is 118 Å². The highest BCUT2D eigenvalue weighted by Crippen LogP contribution is 2.42. The van der Waals surface area contributed by atoms with Gasteiger partial charge in [0.1, 0.15) is 0 Å². The lowest BCUT2D eigenvalue weighted by Crippen LogP contribution is -2.30. The number of pyridine rings is 1. The molecule has 0 spiro atoms. The van der Waals surface area contributed by atoms with Crippen LogP contribution in [0.15, 0.2) is 24.4 Å². The van der Waals surface area contributed by atoms with Crippen LogP contribution >= 0.6 is 15.9 Å². The molecule has 0 bridgehead atoms. The Hall–Kier alpha value is -0.410. The fourth-order valence-electron chi connectivity index (χ4n) is 2.98. The van der Waals surface area contributed by atoms with Gasteiger partial charge in [0, 0.05) is 28.6 Å². The molecule has 0 amide bonds. The number of alkyl halides is 1. The largest absolute Gasteiger partial charge is 0.375 e. The first kappa shape index (κ1) is 14.0. The molecule has 3 heteroatoms. The van der Waals surface area contributed by atoms with Crippen molar-refractivity contribution in [3.05, 3.63) is 30.1 Å². The lowest BCUT2D eigenvalue weighted by atomic mass is 9.81. The van der Waals surface area contributed by atoms with Gasteiger partial charge in [-0.2, -0.15) is 0 Å². The summed E-state index contributed by atoms with van der Waals surface area (Å²) in [4.78, 5) is 4.87. The number of rotatable bonds is 3. The van der Waals surface area contributed by atoms with Gasteiger partial charge in [0.2, 0.25) is 0 Å². The van der Waals surface area contributed by atoms with E-state index in [1.807, 2.05) is 12.3 Å². The maximum Gasteiger partial charge on any atom is 0.0593 e. The van der Waals surface area contributed by atoms with Gasteiger partial charge in [0.15, 0.2) is 0 Å². The molecule has 0 N–H and O–H groups in total. The van der Waals surface area contributed by atoms with Crippen molar-refractivity contribution in [2.45, 2.75) is 50.6 Å². The molecule has 0 aliphatic carbocycles. The first-order chi connectivity index (χ1) is 8.52. The van der Waals surface area contributed by atoms with E-state index in [1.54, 1.807) is 0 Å². The predicted octanol–water partition coefficient (Wildman–Crippen LogP) is 4.01. The number of hydrogen-bond donors (Lipinski definition) is 0. The van der Waals surface area contributed by atoms with E-state index in [4.69, 9.17) is 4.74 Å². The fourth-order valence-corrected chi connectivity index (χ4v) is 4.17. The number of nitrogens with zero attached hydrogens (tertiary/aromatic N) is 1. The normalized spacial score (nSPS) is 35.4. The summed E-state index contributed by atoms with van der Waals surface area (Å²) in [6, 6.07) is 6.12. The highest BCUT2D eigenvalue weighted by molar-refractivity contribution is 9.09. The third-order valence-electron chi connectivity index (χ3n) is 4.32. The summed E-state index contributed by atoms with van der Waals surface area (Å²) in [5.41, 5.74) is 1.15. The molecule has 1 aliphatic rings. The van der Waals surface area contributed by atoms with E-state index in [9.17, 15) is 0 Å². The molecule has 1 saturated heterocycles. The van der Waals surface area contributed by atoms with Crippen molar-refractivity contribution in [1.82, 2.24) is 4.98 Å². The minimum absolute atomic E-state index is 0.311. The van der Waals surface area contributed by atoms with Gasteiger partial charge < -0.3 is 4.74 Å². The molecule has 1 fully saturated rings. The van der Waals surface area contributed by atoms with Crippen LogP contribution in [0.2, 0.25) is 0 Å². The third-order valence-corrected chi connectivity index (χ3v) is 5.72. The minimum atomic E-state index is 0.311. The van der Waals surface area contributed by atoms with Crippen LogP contribution in [-0.2, 0) is 4.74 Å². The van der Waals surface area contributed by atoms with Crippen LogP contribution in [0.3, 0.4) is 0 Å². The average Bonchev–Trinajstić information content (AvgIpc) is 2.63. The molecule has 0 saturated carbocycles. The van der Waals surface area contributed by atoms with Gasteiger partial charge in [0.05, 0.1) is 12.2 Å². The summed E-state index contributed by atoms with van der Waals surface area (Å²) in [5.74, 6) is 1.52.